The molecule has 0 fully saturated rings. The highest BCUT2D eigenvalue weighted by Crippen LogP contribution is 2.41. The first-order valence-electron chi connectivity index (χ1n) is 8.38. The van der Waals surface area contributed by atoms with Crippen molar-refractivity contribution in [1.29, 1.82) is 0 Å². The van der Waals surface area contributed by atoms with E-state index in [2.05, 4.69) is 5.32 Å². The molecule has 0 spiro atoms. The summed E-state index contributed by atoms with van der Waals surface area (Å²) in [4.78, 5) is 12.0. The van der Waals surface area contributed by atoms with Crippen LogP contribution in [-0.4, -0.2) is 24.7 Å². The van der Waals surface area contributed by atoms with Crippen LogP contribution in [0.2, 0.25) is 5.02 Å². The van der Waals surface area contributed by atoms with E-state index in [-0.39, 0.29) is 18.1 Å². The number of hydrogen-bond donors (Lipinski definition) is 1. The van der Waals surface area contributed by atoms with Gasteiger partial charge in [-0.3, -0.25) is 4.79 Å². The minimum Gasteiger partial charge on any atom is -0.483 e. The fourth-order valence-corrected chi connectivity index (χ4v) is 3.02. The monoisotopic (exact) mass is 359 g/mol. The standard InChI is InChI=1S/C20H22ClNO3/c1-20(2)12-15-4-3-5-17(19(15)25-20)24-13-18(23)22-11-10-14-6-8-16(21)9-7-14/h3-9H,10-13H2,1-2H3,(H,22,23). The first-order chi connectivity index (χ1) is 11.9. The van der Waals surface area contributed by atoms with Crippen LogP contribution >= 0.6 is 11.6 Å². The molecule has 0 atom stereocenters. The van der Waals surface area contributed by atoms with Gasteiger partial charge in [0.15, 0.2) is 18.1 Å². The van der Waals surface area contributed by atoms with Gasteiger partial charge in [0, 0.05) is 23.6 Å². The van der Waals surface area contributed by atoms with Crippen LogP contribution in [-0.2, 0) is 17.6 Å². The Morgan fingerprint density at radius 1 is 1.24 bits per heavy atom. The molecule has 0 aliphatic carbocycles. The van der Waals surface area contributed by atoms with Crippen molar-refractivity contribution in [3.8, 4) is 11.5 Å². The van der Waals surface area contributed by atoms with E-state index in [1.54, 1.807) is 0 Å². The third-order valence-corrected chi connectivity index (χ3v) is 4.31. The molecule has 5 heteroatoms. The number of fused-ring (bicyclic) bond motifs is 1. The van der Waals surface area contributed by atoms with Gasteiger partial charge in [0.05, 0.1) is 0 Å². The van der Waals surface area contributed by atoms with E-state index in [1.165, 1.54) is 0 Å². The summed E-state index contributed by atoms with van der Waals surface area (Å²) in [7, 11) is 0. The number of rotatable bonds is 6. The Kier molecular flexibility index (Phi) is 5.19. The number of para-hydroxylation sites is 1. The summed E-state index contributed by atoms with van der Waals surface area (Å²) >= 11 is 5.86. The average molecular weight is 360 g/mol. The molecule has 1 amide bonds. The van der Waals surface area contributed by atoms with Crippen LogP contribution in [0.5, 0.6) is 11.5 Å². The number of halogens is 1. The van der Waals surface area contributed by atoms with Gasteiger partial charge in [0.25, 0.3) is 5.91 Å². The molecule has 1 aliphatic heterocycles. The Balaban J connectivity index is 1.47. The van der Waals surface area contributed by atoms with E-state index in [4.69, 9.17) is 21.1 Å². The van der Waals surface area contributed by atoms with Crippen molar-refractivity contribution >= 4 is 17.5 Å². The largest absolute Gasteiger partial charge is 0.483 e. The van der Waals surface area contributed by atoms with Gasteiger partial charge in [-0.05, 0) is 44.0 Å². The summed E-state index contributed by atoms with van der Waals surface area (Å²) in [5.74, 6) is 1.22. The molecule has 3 rings (SSSR count). The van der Waals surface area contributed by atoms with Crippen LogP contribution in [0.4, 0.5) is 0 Å². The Morgan fingerprint density at radius 3 is 2.76 bits per heavy atom. The van der Waals surface area contributed by atoms with Gasteiger partial charge >= 0.3 is 0 Å². The van der Waals surface area contributed by atoms with Crippen molar-refractivity contribution in [2.24, 2.45) is 0 Å². The molecule has 0 aromatic heterocycles. The summed E-state index contributed by atoms with van der Waals surface area (Å²) in [6.07, 6.45) is 1.59. The van der Waals surface area contributed by atoms with Crippen molar-refractivity contribution in [2.45, 2.75) is 32.3 Å². The summed E-state index contributed by atoms with van der Waals surface area (Å²) in [5.41, 5.74) is 2.01. The minimum absolute atomic E-state index is 0.0269. The summed E-state index contributed by atoms with van der Waals surface area (Å²) < 4.78 is 11.6. The molecule has 0 saturated heterocycles. The van der Waals surface area contributed by atoms with Crippen LogP contribution in [0.3, 0.4) is 0 Å². The molecule has 1 aliphatic rings. The Labute approximate surface area is 153 Å². The van der Waals surface area contributed by atoms with E-state index < -0.39 is 0 Å². The molecule has 4 nitrogen and oxygen atoms in total. The lowest BCUT2D eigenvalue weighted by Crippen LogP contribution is -2.30. The molecular weight excluding hydrogens is 338 g/mol. The molecule has 2 aromatic carbocycles. The topological polar surface area (TPSA) is 47.6 Å². The SMILES string of the molecule is CC1(C)Cc2cccc(OCC(=O)NCCc3ccc(Cl)cc3)c2O1. The number of carbonyl (C=O) groups excluding carboxylic acids is 1. The third kappa shape index (κ3) is 4.67. The van der Waals surface area contributed by atoms with Gasteiger partial charge in [0.1, 0.15) is 5.60 Å². The van der Waals surface area contributed by atoms with E-state index in [9.17, 15) is 4.79 Å². The predicted octanol–water partition coefficient (Wildman–Crippen LogP) is 3.79. The first kappa shape index (κ1) is 17.6. The number of carbonyl (C=O) groups is 1. The number of hydrogen-bond acceptors (Lipinski definition) is 3. The van der Waals surface area contributed by atoms with Crippen LogP contribution < -0.4 is 14.8 Å². The molecule has 0 unspecified atom stereocenters. The highest BCUT2D eigenvalue weighted by molar-refractivity contribution is 6.30. The molecule has 25 heavy (non-hydrogen) atoms. The highest BCUT2D eigenvalue weighted by atomic mass is 35.5. The highest BCUT2D eigenvalue weighted by Gasteiger charge is 2.32. The molecule has 2 aromatic rings. The van der Waals surface area contributed by atoms with Gasteiger partial charge in [-0.15, -0.1) is 0 Å². The molecule has 132 valence electrons. The predicted molar refractivity (Wildman–Crippen MR) is 98.5 cm³/mol. The maximum atomic E-state index is 12.0. The van der Waals surface area contributed by atoms with Crippen molar-refractivity contribution in [1.82, 2.24) is 5.32 Å². The quantitative estimate of drug-likeness (QED) is 0.853. The zero-order valence-electron chi connectivity index (χ0n) is 14.5. The van der Waals surface area contributed by atoms with E-state index in [0.29, 0.717) is 17.3 Å². The van der Waals surface area contributed by atoms with Gasteiger partial charge in [-0.2, -0.15) is 0 Å². The number of ether oxygens (including phenoxy) is 2. The van der Waals surface area contributed by atoms with E-state index in [1.807, 2.05) is 56.3 Å². The zero-order valence-corrected chi connectivity index (χ0v) is 15.2. The van der Waals surface area contributed by atoms with Gasteiger partial charge in [-0.25, -0.2) is 0 Å². The van der Waals surface area contributed by atoms with Crippen LogP contribution in [0, 0.1) is 0 Å². The second-order valence-corrected chi connectivity index (χ2v) is 7.23. The summed E-state index contributed by atoms with van der Waals surface area (Å²) in [6, 6.07) is 13.4. The zero-order chi connectivity index (χ0) is 17.9. The Hall–Kier alpha value is -2.20. The van der Waals surface area contributed by atoms with Crippen LogP contribution in [0.25, 0.3) is 0 Å². The fraction of sp³-hybridized carbons (Fsp3) is 0.350. The van der Waals surface area contributed by atoms with E-state index >= 15 is 0 Å². The van der Waals surface area contributed by atoms with Crippen molar-refractivity contribution in [3.63, 3.8) is 0 Å². The second kappa shape index (κ2) is 7.36. The number of benzene rings is 2. The lowest BCUT2D eigenvalue weighted by molar-refractivity contribution is -0.123. The van der Waals surface area contributed by atoms with Crippen molar-refractivity contribution < 1.29 is 14.3 Å². The van der Waals surface area contributed by atoms with Crippen LogP contribution in [0.1, 0.15) is 25.0 Å². The molecular formula is C20H22ClNO3. The normalized spacial score (nSPS) is 14.5. The lowest BCUT2D eigenvalue weighted by Gasteiger charge is -2.18. The summed E-state index contributed by atoms with van der Waals surface area (Å²) in [5, 5.41) is 3.57. The van der Waals surface area contributed by atoms with Crippen molar-refractivity contribution in [2.75, 3.05) is 13.2 Å². The fourth-order valence-electron chi connectivity index (χ4n) is 2.89. The Morgan fingerprint density at radius 2 is 2.00 bits per heavy atom. The first-order valence-corrected chi connectivity index (χ1v) is 8.76. The maximum absolute atomic E-state index is 12.0. The second-order valence-electron chi connectivity index (χ2n) is 6.80. The number of nitrogens with one attached hydrogen (secondary N) is 1. The maximum Gasteiger partial charge on any atom is 0.257 e. The molecule has 0 saturated carbocycles. The van der Waals surface area contributed by atoms with Gasteiger partial charge in [-0.1, -0.05) is 35.9 Å². The number of amides is 1. The van der Waals surface area contributed by atoms with Crippen LogP contribution in [0.15, 0.2) is 42.5 Å². The molecule has 0 radical (unpaired) electrons. The smallest absolute Gasteiger partial charge is 0.257 e. The average Bonchev–Trinajstić information content (AvgIpc) is 2.89. The molecule has 0 bridgehead atoms. The minimum atomic E-state index is -0.233. The lowest BCUT2D eigenvalue weighted by atomic mass is 10.0. The Bertz CT molecular complexity index is 756. The third-order valence-electron chi connectivity index (χ3n) is 4.06. The van der Waals surface area contributed by atoms with Gasteiger partial charge in [0.2, 0.25) is 0 Å². The summed E-state index contributed by atoms with van der Waals surface area (Å²) in [6.45, 7) is 4.61. The van der Waals surface area contributed by atoms with Gasteiger partial charge < -0.3 is 14.8 Å². The van der Waals surface area contributed by atoms with Crippen molar-refractivity contribution in [3.05, 3.63) is 58.6 Å². The van der Waals surface area contributed by atoms with E-state index in [0.717, 1.165) is 29.7 Å². The molecule has 1 heterocycles. The molecule has 1 N–H and O–H groups in total.